The van der Waals surface area contributed by atoms with E-state index in [-0.39, 0.29) is 31.6 Å². The Kier molecular flexibility index (Phi) is 5.34. The Morgan fingerprint density at radius 3 is 2.32 bits per heavy atom. The highest BCUT2D eigenvalue weighted by Crippen LogP contribution is 2.38. The number of nitriles is 1. The molecule has 0 amide bonds. The molecule has 2 rings (SSSR count). The number of alkyl halides is 3. The second kappa shape index (κ2) is 6.97. The summed E-state index contributed by atoms with van der Waals surface area (Å²) in [5, 5.41) is 9.10. The van der Waals surface area contributed by atoms with Crippen LogP contribution in [0, 0.1) is 11.3 Å². The Morgan fingerprint density at radius 2 is 1.88 bits per heavy atom. The van der Waals surface area contributed by atoms with Gasteiger partial charge in [0.25, 0.3) is 0 Å². The van der Waals surface area contributed by atoms with E-state index in [1.807, 2.05) is 6.07 Å². The van der Waals surface area contributed by atoms with Crippen molar-refractivity contribution in [3.05, 3.63) is 38.5 Å². The zero-order valence-electron chi connectivity index (χ0n) is 12.3. The molecule has 0 aliphatic heterocycles. The molecule has 0 saturated carbocycles. The highest BCUT2D eigenvalue weighted by molar-refractivity contribution is 9.11. The van der Waals surface area contributed by atoms with Crippen LogP contribution in [0.25, 0.3) is 5.69 Å². The maximum absolute atomic E-state index is 12.4. The van der Waals surface area contributed by atoms with Crippen molar-refractivity contribution in [3.8, 4) is 17.5 Å². The molecule has 0 spiro atoms. The first-order valence-corrected chi connectivity index (χ1v) is 7.92. The average Bonchev–Trinajstić information content (AvgIpc) is 2.80. The van der Waals surface area contributed by atoms with Gasteiger partial charge in [0.1, 0.15) is 11.8 Å². The number of aromatic nitrogens is 1. The molecule has 2 aromatic rings. The second-order valence-corrected chi connectivity index (χ2v) is 6.27. The van der Waals surface area contributed by atoms with Crippen LogP contribution in [-0.2, 0) is 4.74 Å². The largest absolute Gasteiger partial charge is 0.573 e. The highest BCUT2D eigenvalue weighted by atomic mass is 79.9. The first kappa shape index (κ1) is 19.1. The van der Waals surface area contributed by atoms with E-state index in [0.717, 1.165) is 19.2 Å². The molecule has 1 heterocycles. The molecule has 6 nitrogen and oxygen atoms in total. The number of esters is 1. The summed E-state index contributed by atoms with van der Waals surface area (Å²) in [7, 11) is 1.13. The van der Waals surface area contributed by atoms with Crippen molar-refractivity contribution in [1.82, 2.24) is 4.57 Å². The molecule has 11 heteroatoms. The summed E-state index contributed by atoms with van der Waals surface area (Å²) in [5.74, 6) is -1.29. The van der Waals surface area contributed by atoms with Gasteiger partial charge in [-0.05, 0) is 44.0 Å². The van der Waals surface area contributed by atoms with Crippen molar-refractivity contribution in [2.45, 2.75) is 6.36 Å². The van der Waals surface area contributed by atoms with Gasteiger partial charge < -0.3 is 19.8 Å². The van der Waals surface area contributed by atoms with Crippen molar-refractivity contribution in [2.75, 3.05) is 12.8 Å². The van der Waals surface area contributed by atoms with E-state index in [2.05, 4.69) is 41.3 Å². The van der Waals surface area contributed by atoms with Crippen LogP contribution in [0.1, 0.15) is 16.1 Å². The van der Waals surface area contributed by atoms with Crippen LogP contribution in [0.2, 0.25) is 0 Å². The summed E-state index contributed by atoms with van der Waals surface area (Å²) in [6, 6.07) is 3.96. The summed E-state index contributed by atoms with van der Waals surface area (Å²) in [6.45, 7) is 0. The van der Waals surface area contributed by atoms with Gasteiger partial charge in [0.15, 0.2) is 5.69 Å². The maximum atomic E-state index is 12.4. The van der Waals surface area contributed by atoms with Crippen molar-refractivity contribution >= 4 is 43.5 Å². The topological polar surface area (TPSA) is 90.3 Å². The number of benzene rings is 1. The van der Waals surface area contributed by atoms with Gasteiger partial charge in [-0.3, -0.25) is 0 Å². The highest BCUT2D eigenvalue weighted by Gasteiger charge is 2.32. The van der Waals surface area contributed by atoms with Gasteiger partial charge in [0, 0.05) is 15.1 Å². The minimum absolute atomic E-state index is 0.00909. The van der Waals surface area contributed by atoms with E-state index >= 15 is 0 Å². The predicted octanol–water partition coefficient (Wildman–Crippen LogP) is 4.14. The zero-order chi connectivity index (χ0) is 18.9. The molecule has 0 fully saturated rings. The molecular weight excluding hydrogens is 475 g/mol. The number of nitrogens with two attached hydrogens (primary N) is 1. The zero-order valence-corrected chi connectivity index (χ0v) is 15.5. The molecule has 1 aromatic carbocycles. The average molecular weight is 483 g/mol. The number of carbonyl (C=O) groups is 1. The number of methoxy groups -OCH3 is 1. The smallest absolute Gasteiger partial charge is 0.464 e. The standard InChI is InChI=1S/C14H8Br2F3N3O3/c1-24-13(23)12-10(21)6(4-20)5-22(12)11-8(15)2-7(3-9(11)16)25-14(17,18)19/h2-3,5H,21H2,1H3. The predicted molar refractivity (Wildman–Crippen MR) is 88.3 cm³/mol. The van der Waals surface area contributed by atoms with Crippen molar-refractivity contribution < 1.29 is 27.4 Å². The van der Waals surface area contributed by atoms with E-state index in [4.69, 9.17) is 11.0 Å². The minimum atomic E-state index is -4.86. The Balaban J connectivity index is 2.67. The third-order valence-electron chi connectivity index (χ3n) is 3.01. The Morgan fingerprint density at radius 1 is 1.32 bits per heavy atom. The molecule has 2 N–H and O–H groups in total. The van der Waals surface area contributed by atoms with Gasteiger partial charge >= 0.3 is 12.3 Å². The Labute approximate surface area is 156 Å². The number of hydrogen-bond donors (Lipinski definition) is 1. The van der Waals surface area contributed by atoms with E-state index in [0.29, 0.717) is 0 Å². The molecule has 0 saturated heterocycles. The second-order valence-electron chi connectivity index (χ2n) is 4.56. The lowest BCUT2D eigenvalue weighted by Gasteiger charge is -2.15. The summed E-state index contributed by atoms with van der Waals surface area (Å²) >= 11 is 6.26. The van der Waals surface area contributed by atoms with Crippen LogP contribution >= 0.6 is 31.9 Å². The number of nitrogen functional groups attached to an aromatic ring is 1. The molecule has 0 bridgehead atoms. The molecular formula is C14H8Br2F3N3O3. The lowest BCUT2D eigenvalue weighted by Crippen LogP contribution is -2.17. The third kappa shape index (κ3) is 3.91. The number of rotatable bonds is 3. The summed E-state index contributed by atoms with van der Waals surface area (Å²) in [4.78, 5) is 12.0. The number of nitrogens with zero attached hydrogens (tertiary/aromatic N) is 2. The monoisotopic (exact) mass is 481 g/mol. The fraction of sp³-hybridized carbons (Fsp3) is 0.143. The van der Waals surface area contributed by atoms with Crippen LogP contribution in [0.3, 0.4) is 0 Å². The quantitative estimate of drug-likeness (QED) is 0.664. The number of hydrogen-bond acceptors (Lipinski definition) is 5. The summed E-state index contributed by atoms with van der Waals surface area (Å²) < 4.78 is 47.2. The normalized spacial score (nSPS) is 11.1. The fourth-order valence-electron chi connectivity index (χ4n) is 2.06. The summed E-state index contributed by atoms with van der Waals surface area (Å²) in [5.41, 5.74) is 5.80. The van der Waals surface area contributed by atoms with Gasteiger partial charge in [-0.25, -0.2) is 4.79 Å². The SMILES string of the molecule is COC(=O)c1c(N)c(C#N)cn1-c1c(Br)cc(OC(F)(F)F)cc1Br. The molecule has 0 unspecified atom stereocenters. The lowest BCUT2D eigenvalue weighted by atomic mass is 10.2. The van der Waals surface area contributed by atoms with E-state index in [9.17, 15) is 18.0 Å². The number of carbonyl (C=O) groups excluding carboxylic acids is 1. The van der Waals surface area contributed by atoms with Gasteiger partial charge in [-0.1, -0.05) is 0 Å². The Bertz CT molecular complexity index is 865. The Hall–Kier alpha value is -2.19. The molecule has 25 heavy (non-hydrogen) atoms. The van der Waals surface area contributed by atoms with Gasteiger partial charge in [0.05, 0.1) is 24.0 Å². The fourth-order valence-corrected chi connectivity index (χ4v) is 3.58. The van der Waals surface area contributed by atoms with Gasteiger partial charge in [-0.2, -0.15) is 5.26 Å². The number of anilines is 1. The molecule has 0 aliphatic rings. The van der Waals surface area contributed by atoms with Crippen LogP contribution in [-0.4, -0.2) is 24.0 Å². The van der Waals surface area contributed by atoms with Gasteiger partial charge in [-0.15, -0.1) is 13.2 Å². The van der Waals surface area contributed by atoms with Crippen LogP contribution in [0.15, 0.2) is 27.3 Å². The van der Waals surface area contributed by atoms with Crippen molar-refractivity contribution in [3.63, 3.8) is 0 Å². The minimum Gasteiger partial charge on any atom is -0.464 e. The van der Waals surface area contributed by atoms with Crippen LogP contribution < -0.4 is 10.5 Å². The van der Waals surface area contributed by atoms with E-state index < -0.39 is 18.1 Å². The maximum Gasteiger partial charge on any atom is 0.573 e. The lowest BCUT2D eigenvalue weighted by molar-refractivity contribution is -0.274. The number of ether oxygens (including phenoxy) is 2. The molecule has 0 aliphatic carbocycles. The summed E-state index contributed by atoms with van der Waals surface area (Å²) in [6.07, 6.45) is -3.58. The van der Waals surface area contributed by atoms with Gasteiger partial charge in [0.2, 0.25) is 0 Å². The van der Waals surface area contributed by atoms with Crippen LogP contribution in [0.5, 0.6) is 5.75 Å². The van der Waals surface area contributed by atoms with Crippen molar-refractivity contribution in [2.24, 2.45) is 0 Å². The van der Waals surface area contributed by atoms with Crippen LogP contribution in [0.4, 0.5) is 18.9 Å². The molecule has 1 aromatic heterocycles. The molecule has 0 atom stereocenters. The molecule has 132 valence electrons. The first-order chi connectivity index (χ1) is 11.6. The van der Waals surface area contributed by atoms with E-state index in [1.54, 1.807) is 0 Å². The van der Waals surface area contributed by atoms with Crippen molar-refractivity contribution in [1.29, 1.82) is 5.26 Å². The number of halogens is 5. The van der Waals surface area contributed by atoms with E-state index in [1.165, 1.54) is 10.8 Å². The first-order valence-electron chi connectivity index (χ1n) is 6.33. The molecule has 0 radical (unpaired) electrons. The third-order valence-corrected chi connectivity index (χ3v) is 4.22.